The van der Waals surface area contributed by atoms with Crippen molar-refractivity contribution in [1.29, 1.82) is 0 Å². The van der Waals surface area contributed by atoms with Gasteiger partial charge in [-0.1, -0.05) is 96.5 Å². The van der Waals surface area contributed by atoms with Gasteiger partial charge in [-0.3, -0.25) is 19.0 Å². The highest BCUT2D eigenvalue weighted by atomic mass is 16.2. The molecule has 18 heteroatoms. The van der Waals surface area contributed by atoms with E-state index >= 15 is 0 Å². The minimum absolute atomic E-state index is 0.116. The molecule has 0 saturated carbocycles. The van der Waals surface area contributed by atoms with E-state index in [1.807, 2.05) is 137 Å². The molecule has 0 spiro atoms. The Morgan fingerprint density at radius 1 is 0.538 bits per heavy atom. The lowest BCUT2D eigenvalue weighted by molar-refractivity contribution is 0.0933. The lowest BCUT2D eigenvalue weighted by Gasteiger charge is -2.19. The van der Waals surface area contributed by atoms with Gasteiger partial charge < -0.3 is 22.1 Å². The number of nitrogens with zero attached hydrogens (tertiary/aromatic N) is 12. The van der Waals surface area contributed by atoms with Gasteiger partial charge in [0.25, 0.3) is 11.8 Å². The fraction of sp³-hybridized carbons (Fsp3) is 0.100. The van der Waals surface area contributed by atoms with Crippen molar-refractivity contribution in [3.8, 4) is 45.9 Å². The van der Waals surface area contributed by atoms with Crippen molar-refractivity contribution in [3.05, 3.63) is 216 Å². The Balaban J connectivity index is 0.000000165. The smallest absolute Gasteiger partial charge is 0.259 e. The Morgan fingerprint density at radius 3 is 1.36 bits per heavy atom. The number of nitrogens with two attached hydrogens (primary N) is 2. The molecule has 0 saturated heterocycles. The van der Waals surface area contributed by atoms with Crippen molar-refractivity contribution in [3.63, 3.8) is 0 Å². The molecule has 0 radical (unpaired) electrons. The van der Waals surface area contributed by atoms with E-state index in [1.165, 1.54) is 9.03 Å². The second-order valence-corrected chi connectivity index (χ2v) is 18.3. The molecule has 0 fully saturated rings. The number of rotatable bonds is 8. The molecule has 0 aliphatic rings. The molecule has 2 amide bonds. The van der Waals surface area contributed by atoms with Gasteiger partial charge in [-0.05, 0) is 73.5 Å². The minimum atomic E-state index is -0.444. The summed E-state index contributed by atoms with van der Waals surface area (Å²) in [6, 6.07) is 38.4. The van der Waals surface area contributed by atoms with Gasteiger partial charge in [0.15, 0.2) is 22.9 Å². The summed E-state index contributed by atoms with van der Waals surface area (Å²) >= 11 is 0. The standard InChI is InChI=1S/2C30H24N8O/c2*1-19(34-30(39)26-28(31)36-38-15-7-14-32-29(26)38)27-24(21-8-4-3-5-9-21)16-23-22(10-6-11-25(23)35-27)13-12-20-17-33-37(2)18-20/h2*3-11,14-19H,1-2H3,(H2,31,36)(H,34,39)/t2*19-/m10/s1. The maximum absolute atomic E-state index is 13.4. The molecule has 380 valence electrons. The number of hydrogen-bond acceptors (Lipinski definition) is 12. The number of nitrogens with one attached hydrogen (secondary N) is 2. The van der Waals surface area contributed by atoms with E-state index in [0.29, 0.717) is 11.3 Å². The van der Waals surface area contributed by atoms with E-state index in [1.54, 1.807) is 58.7 Å². The van der Waals surface area contributed by atoms with Crippen LogP contribution in [-0.2, 0) is 14.1 Å². The number of amides is 2. The van der Waals surface area contributed by atoms with Crippen LogP contribution in [0.15, 0.2) is 171 Å². The average molecular weight is 1030 g/mol. The van der Waals surface area contributed by atoms with E-state index in [2.05, 4.69) is 76.8 Å². The molecule has 0 bridgehead atoms. The van der Waals surface area contributed by atoms with Gasteiger partial charge in [-0.2, -0.15) is 10.2 Å². The van der Waals surface area contributed by atoms with Crippen LogP contribution in [0.25, 0.3) is 55.4 Å². The van der Waals surface area contributed by atoms with E-state index in [9.17, 15) is 9.59 Å². The van der Waals surface area contributed by atoms with Crippen LogP contribution in [0.2, 0.25) is 0 Å². The molecule has 0 aliphatic heterocycles. The predicted molar refractivity (Wildman–Crippen MR) is 299 cm³/mol. The minimum Gasteiger partial charge on any atom is -0.381 e. The van der Waals surface area contributed by atoms with Gasteiger partial charge in [0.1, 0.15) is 11.1 Å². The summed E-state index contributed by atoms with van der Waals surface area (Å²) in [5.41, 5.74) is 23.6. The van der Waals surface area contributed by atoms with Crippen LogP contribution in [0.5, 0.6) is 0 Å². The van der Waals surface area contributed by atoms with Gasteiger partial charge in [-0.15, -0.1) is 10.2 Å². The summed E-state index contributed by atoms with van der Waals surface area (Å²) in [5.74, 6) is 12.4. The summed E-state index contributed by atoms with van der Waals surface area (Å²) in [7, 11) is 3.72. The number of anilines is 2. The SMILES string of the molecule is C[C@@H](NC(=O)c1c(N)nn2cccnc12)c1nc2cccc(C#Cc3cnn(C)c3)c2cc1-c1ccccc1.C[C@H](NC(=O)c1c(N)nn2cccnc12)c1nc2cccc(C#Cc3cnn(C)c3)c2cc1-c1ccccc1. The van der Waals surface area contributed by atoms with Crippen molar-refractivity contribution in [1.82, 2.24) is 69.4 Å². The van der Waals surface area contributed by atoms with Crippen LogP contribution in [-0.4, -0.2) is 70.5 Å². The number of fused-ring (bicyclic) bond motifs is 4. The second-order valence-electron chi connectivity index (χ2n) is 18.3. The number of nitrogen functional groups attached to an aromatic ring is 2. The first kappa shape index (κ1) is 49.2. The summed E-state index contributed by atoms with van der Waals surface area (Å²) in [6.45, 7) is 3.81. The molecular weight excluding hydrogens is 977 g/mol. The Bertz CT molecular complexity index is 4100. The van der Waals surface area contributed by atoms with Crippen LogP contribution in [0, 0.1) is 23.7 Å². The number of aryl methyl sites for hydroxylation is 2. The third kappa shape index (κ3) is 10.0. The summed E-state index contributed by atoms with van der Waals surface area (Å²) in [6.07, 6.45) is 13.8. The van der Waals surface area contributed by atoms with Crippen LogP contribution < -0.4 is 22.1 Å². The van der Waals surface area contributed by atoms with Gasteiger partial charge >= 0.3 is 0 Å². The first-order chi connectivity index (χ1) is 37.9. The van der Waals surface area contributed by atoms with Crippen molar-refractivity contribution >= 4 is 56.6 Å². The van der Waals surface area contributed by atoms with Gasteiger partial charge in [0.2, 0.25) is 0 Å². The second kappa shape index (κ2) is 21.1. The topological polar surface area (TPSA) is 232 Å². The third-order valence-corrected chi connectivity index (χ3v) is 12.9. The molecule has 6 N–H and O–H groups in total. The summed E-state index contributed by atoms with van der Waals surface area (Å²) in [5, 5.41) is 24.8. The Morgan fingerprint density at radius 2 is 0.962 bits per heavy atom. The number of carbonyl (C=O) groups excluding carboxylic acids is 2. The zero-order valence-electron chi connectivity index (χ0n) is 42.7. The number of pyridine rings is 2. The van der Waals surface area contributed by atoms with E-state index in [4.69, 9.17) is 21.4 Å². The Kier molecular flexibility index (Phi) is 13.3. The van der Waals surface area contributed by atoms with Crippen LogP contribution in [0.1, 0.15) is 80.3 Å². The quantitative estimate of drug-likeness (QED) is 0.105. The molecule has 18 nitrogen and oxygen atoms in total. The fourth-order valence-corrected chi connectivity index (χ4v) is 9.17. The first-order valence-corrected chi connectivity index (χ1v) is 24.7. The zero-order valence-corrected chi connectivity index (χ0v) is 42.7. The highest BCUT2D eigenvalue weighted by Crippen LogP contribution is 2.34. The number of hydrogen-bond donors (Lipinski definition) is 4. The molecule has 4 aromatic carbocycles. The Hall–Kier alpha value is -11.0. The average Bonchev–Trinajstić information content (AvgIpc) is 4.35. The van der Waals surface area contributed by atoms with Gasteiger partial charge in [0.05, 0.1) is 58.0 Å². The maximum Gasteiger partial charge on any atom is 0.259 e. The van der Waals surface area contributed by atoms with E-state index in [-0.39, 0.29) is 34.6 Å². The molecule has 0 unspecified atom stereocenters. The number of benzene rings is 4. The molecule has 12 aromatic rings. The normalized spacial score (nSPS) is 11.7. The monoisotopic (exact) mass is 1020 g/mol. The van der Waals surface area contributed by atoms with Crippen molar-refractivity contribution < 1.29 is 9.59 Å². The lowest BCUT2D eigenvalue weighted by Crippen LogP contribution is -2.28. The molecular formula is C60H48N16O2. The summed E-state index contributed by atoms with van der Waals surface area (Å²) in [4.78, 5) is 45.4. The third-order valence-electron chi connectivity index (χ3n) is 12.9. The van der Waals surface area contributed by atoms with Crippen LogP contribution >= 0.6 is 0 Å². The van der Waals surface area contributed by atoms with Crippen molar-refractivity contribution in [2.75, 3.05) is 11.5 Å². The van der Waals surface area contributed by atoms with Crippen molar-refractivity contribution in [2.24, 2.45) is 14.1 Å². The lowest BCUT2D eigenvalue weighted by atomic mass is 9.96. The molecule has 8 aromatic heterocycles. The maximum atomic E-state index is 13.4. The highest BCUT2D eigenvalue weighted by molar-refractivity contribution is 6.05. The van der Waals surface area contributed by atoms with E-state index in [0.717, 1.165) is 77.7 Å². The predicted octanol–water partition coefficient (Wildman–Crippen LogP) is 8.30. The molecule has 78 heavy (non-hydrogen) atoms. The van der Waals surface area contributed by atoms with E-state index < -0.39 is 12.1 Å². The number of aromatic nitrogens is 12. The fourth-order valence-electron chi connectivity index (χ4n) is 9.17. The van der Waals surface area contributed by atoms with Gasteiger partial charge in [-0.25, -0.2) is 29.0 Å². The van der Waals surface area contributed by atoms with Crippen molar-refractivity contribution in [2.45, 2.75) is 25.9 Å². The highest BCUT2D eigenvalue weighted by Gasteiger charge is 2.26. The molecule has 0 aliphatic carbocycles. The molecule has 12 rings (SSSR count). The zero-order chi connectivity index (χ0) is 53.9. The molecule has 2 atom stereocenters. The van der Waals surface area contributed by atoms with Gasteiger partial charge in [0, 0.05) is 84.3 Å². The van der Waals surface area contributed by atoms with Crippen LogP contribution in [0.4, 0.5) is 11.6 Å². The molecule has 8 heterocycles. The first-order valence-electron chi connectivity index (χ1n) is 24.7. The summed E-state index contributed by atoms with van der Waals surface area (Å²) < 4.78 is 6.43. The number of carbonyl (C=O) groups is 2. The Labute approximate surface area is 446 Å². The van der Waals surface area contributed by atoms with Crippen LogP contribution in [0.3, 0.4) is 0 Å². The largest absolute Gasteiger partial charge is 0.381 e.